The molecule has 0 bridgehead atoms. The molecule has 2 amide bonds. The van der Waals surface area contributed by atoms with Crippen molar-refractivity contribution in [2.75, 3.05) is 46.1 Å². The summed E-state index contributed by atoms with van der Waals surface area (Å²) in [6.45, 7) is 9.90. The van der Waals surface area contributed by atoms with Crippen molar-refractivity contribution in [3.63, 3.8) is 0 Å². The standard InChI is InChI=1S/C57H66N4O14/c1-7-28-72-57-51(60(34-37-16-23-48-50(29-37)71-35-70-48)52(64)25-17-36-14-18-39(19-15-36)61(66)67)33-46(59-75-56(2,3)4)43-30-38(12-8-10-26-62)42(13-9-11-27-63)53(54(43)57)44-31-41(21-24-47(44)74-57)73-55(65)58-45-22-20-40(68-5)32-49(45)69-6/h7,14-25,29-32,38,42,51,53-54,62-63H,1,8-13,26-28,33-35H2,2-6H3,(H,58,65). The first kappa shape index (κ1) is 53.9. The number of nitro groups is 1. The molecule has 2 aliphatic heterocycles. The van der Waals surface area contributed by atoms with Gasteiger partial charge in [0.2, 0.25) is 18.5 Å². The summed E-state index contributed by atoms with van der Waals surface area (Å²) in [6.07, 6.45) is 10.2. The Morgan fingerprint density at radius 3 is 2.36 bits per heavy atom. The second kappa shape index (κ2) is 23.9. The van der Waals surface area contributed by atoms with Gasteiger partial charge in [-0.15, -0.1) is 6.58 Å². The van der Waals surface area contributed by atoms with Gasteiger partial charge >= 0.3 is 6.09 Å². The number of rotatable bonds is 22. The molecular formula is C57H66N4O14. The molecule has 0 spiro atoms. The Labute approximate surface area is 436 Å². The summed E-state index contributed by atoms with van der Waals surface area (Å²) in [5, 5.41) is 39.4. The highest BCUT2D eigenvalue weighted by molar-refractivity contribution is 6.03. The van der Waals surface area contributed by atoms with Crippen LogP contribution in [0.4, 0.5) is 16.2 Å². The lowest BCUT2D eigenvalue weighted by Gasteiger charge is -2.60. The van der Waals surface area contributed by atoms with Crippen molar-refractivity contribution >= 4 is 35.2 Å². The minimum atomic E-state index is -1.64. The number of anilines is 1. The van der Waals surface area contributed by atoms with Gasteiger partial charge in [0.1, 0.15) is 34.6 Å². The average molecular weight is 1030 g/mol. The predicted molar refractivity (Wildman–Crippen MR) is 280 cm³/mol. The number of carbonyl (C=O) groups is 2. The molecule has 0 aromatic heterocycles. The Morgan fingerprint density at radius 2 is 1.65 bits per heavy atom. The largest absolute Gasteiger partial charge is 0.497 e. The van der Waals surface area contributed by atoms with Crippen molar-refractivity contribution in [2.45, 2.75) is 95.6 Å². The zero-order valence-corrected chi connectivity index (χ0v) is 43.0. The van der Waals surface area contributed by atoms with E-state index in [4.69, 9.17) is 43.2 Å². The molecule has 3 N–H and O–H groups in total. The van der Waals surface area contributed by atoms with Crippen LogP contribution in [-0.4, -0.2) is 96.0 Å². The van der Waals surface area contributed by atoms with Crippen LogP contribution in [0.25, 0.3) is 6.08 Å². The molecule has 0 saturated heterocycles. The lowest BCUT2D eigenvalue weighted by molar-refractivity contribution is -0.384. The number of ether oxygens (including phenoxy) is 7. The monoisotopic (exact) mass is 1030 g/mol. The van der Waals surface area contributed by atoms with E-state index in [1.165, 1.54) is 32.4 Å². The smallest absolute Gasteiger partial charge is 0.417 e. The first-order valence-corrected chi connectivity index (χ1v) is 25.3. The normalized spacial score (nSPS) is 21.8. The first-order valence-electron chi connectivity index (χ1n) is 25.3. The Bertz CT molecular complexity index is 2810. The van der Waals surface area contributed by atoms with Gasteiger partial charge in [-0.1, -0.05) is 36.2 Å². The molecule has 4 aromatic rings. The Hall–Kier alpha value is -7.41. The third-order valence-corrected chi connectivity index (χ3v) is 13.9. The number of aliphatic hydroxyl groups excluding tert-OH is 2. The van der Waals surface area contributed by atoms with Crippen molar-refractivity contribution in [2.24, 2.45) is 22.9 Å². The fourth-order valence-electron chi connectivity index (χ4n) is 10.6. The second-order valence-corrected chi connectivity index (χ2v) is 19.9. The first-order chi connectivity index (χ1) is 36.2. The van der Waals surface area contributed by atoms with E-state index in [0.717, 1.165) is 29.5 Å². The third kappa shape index (κ3) is 12.3. The highest BCUT2D eigenvalue weighted by Crippen LogP contribution is 2.62. The Morgan fingerprint density at radius 1 is 0.920 bits per heavy atom. The van der Waals surface area contributed by atoms with Crippen molar-refractivity contribution in [1.29, 1.82) is 0 Å². The van der Waals surface area contributed by atoms with E-state index in [1.54, 1.807) is 65.6 Å². The molecule has 1 saturated carbocycles. The lowest BCUT2D eigenvalue weighted by atomic mass is 9.55. The summed E-state index contributed by atoms with van der Waals surface area (Å²) in [5.74, 6) is -0.701. The Balaban J connectivity index is 1.31. The highest BCUT2D eigenvalue weighted by atomic mass is 16.7. The molecule has 8 rings (SSSR count). The number of oxime groups is 1. The molecule has 2 aliphatic carbocycles. The summed E-state index contributed by atoms with van der Waals surface area (Å²) in [6, 6.07) is 20.7. The number of methoxy groups -OCH3 is 2. The van der Waals surface area contributed by atoms with Crippen LogP contribution >= 0.6 is 0 Å². The van der Waals surface area contributed by atoms with Crippen molar-refractivity contribution in [3.05, 3.63) is 136 Å². The molecule has 18 nitrogen and oxygen atoms in total. The molecule has 6 atom stereocenters. The lowest BCUT2D eigenvalue weighted by Crippen LogP contribution is -2.70. The van der Waals surface area contributed by atoms with E-state index in [1.807, 2.05) is 39.0 Å². The van der Waals surface area contributed by atoms with Gasteiger partial charge in [0.05, 0.1) is 43.1 Å². The summed E-state index contributed by atoms with van der Waals surface area (Å²) in [4.78, 5) is 48.2. The molecule has 18 heteroatoms. The molecule has 4 aliphatic rings. The molecule has 6 unspecified atom stereocenters. The Kier molecular flexibility index (Phi) is 17.1. The maximum Gasteiger partial charge on any atom is 0.417 e. The van der Waals surface area contributed by atoms with Crippen LogP contribution in [0.3, 0.4) is 0 Å². The molecular weight excluding hydrogens is 965 g/mol. The fourth-order valence-corrected chi connectivity index (χ4v) is 10.6. The SMILES string of the molecule is C=CCOC12Oc3ccc(OC(=O)Nc4ccc(OC)cc4OC)cc3C3C(CCCCO)C(CCCCO)C=C(C(=NOC(C)(C)C)CC1N(Cc1ccc4c(c1)OCO4)C(=O)C=Cc1ccc([N+](=O)[O-])cc1)C32. The quantitative estimate of drug-likeness (QED) is 0.0219. The number of benzene rings is 4. The highest BCUT2D eigenvalue weighted by Gasteiger charge is 2.65. The number of nitro benzene ring substituents is 1. The van der Waals surface area contributed by atoms with Crippen molar-refractivity contribution in [3.8, 4) is 34.5 Å². The summed E-state index contributed by atoms with van der Waals surface area (Å²) >= 11 is 0. The number of unbranched alkanes of at least 4 members (excludes halogenated alkanes) is 2. The summed E-state index contributed by atoms with van der Waals surface area (Å²) in [5.41, 5.74) is 2.98. The second-order valence-electron chi connectivity index (χ2n) is 19.9. The van der Waals surface area contributed by atoms with Gasteiger partial charge in [0.15, 0.2) is 11.5 Å². The van der Waals surface area contributed by atoms with E-state index < -0.39 is 46.2 Å². The number of nitrogens with zero attached hydrogens (tertiary/aromatic N) is 3. The van der Waals surface area contributed by atoms with Crippen LogP contribution in [-0.2, 0) is 20.9 Å². The number of non-ortho nitro benzene ring substituents is 1. The maximum atomic E-state index is 15.4. The zero-order chi connectivity index (χ0) is 53.3. The van der Waals surface area contributed by atoms with Crippen LogP contribution in [0.15, 0.2) is 114 Å². The number of carbonyl (C=O) groups excluding carboxylic acids is 2. The minimum absolute atomic E-state index is 0.00257. The zero-order valence-electron chi connectivity index (χ0n) is 43.0. The minimum Gasteiger partial charge on any atom is -0.497 e. The van der Waals surface area contributed by atoms with Gasteiger partial charge in [0, 0.05) is 61.9 Å². The van der Waals surface area contributed by atoms with E-state index in [0.29, 0.717) is 71.4 Å². The summed E-state index contributed by atoms with van der Waals surface area (Å²) < 4.78 is 43.0. The maximum absolute atomic E-state index is 15.4. The van der Waals surface area contributed by atoms with Crippen LogP contribution < -0.4 is 33.7 Å². The average Bonchev–Trinajstić information content (AvgIpc) is 3.87. The van der Waals surface area contributed by atoms with E-state index >= 15 is 4.79 Å². The van der Waals surface area contributed by atoms with Gasteiger partial charge in [-0.25, -0.2) is 4.79 Å². The van der Waals surface area contributed by atoms with Crippen LogP contribution in [0.1, 0.15) is 88.3 Å². The number of fused-ring (bicyclic) bond motifs is 3. The molecule has 0 radical (unpaired) electrons. The molecule has 1 fully saturated rings. The van der Waals surface area contributed by atoms with Gasteiger partial charge in [-0.05, 0) is 136 Å². The predicted octanol–water partition coefficient (Wildman–Crippen LogP) is 10.1. The van der Waals surface area contributed by atoms with Crippen LogP contribution in [0, 0.1) is 27.9 Å². The molecule has 75 heavy (non-hydrogen) atoms. The van der Waals surface area contributed by atoms with Gasteiger partial charge < -0.3 is 53.1 Å². The number of amides is 2. The van der Waals surface area contributed by atoms with Gasteiger partial charge in [-0.3, -0.25) is 20.2 Å². The molecule has 4 aromatic carbocycles. The number of hydrogen-bond donors (Lipinski definition) is 3. The number of allylic oxidation sites excluding steroid dienone is 1. The van der Waals surface area contributed by atoms with Gasteiger partial charge in [-0.2, -0.15) is 0 Å². The van der Waals surface area contributed by atoms with Crippen LogP contribution in [0.2, 0.25) is 0 Å². The fraction of sp³-hybridized carbons (Fsp3) is 0.421. The summed E-state index contributed by atoms with van der Waals surface area (Å²) in [7, 11) is 3.02. The number of hydrogen-bond acceptors (Lipinski definition) is 15. The number of nitrogens with one attached hydrogen (secondary N) is 1. The van der Waals surface area contributed by atoms with E-state index in [-0.39, 0.29) is 62.9 Å². The van der Waals surface area contributed by atoms with Crippen molar-refractivity contribution in [1.82, 2.24) is 4.90 Å². The molecule has 2 heterocycles. The van der Waals surface area contributed by atoms with E-state index in [9.17, 15) is 25.1 Å². The topological polar surface area (TPSA) is 219 Å². The number of aliphatic hydroxyl groups is 2. The van der Waals surface area contributed by atoms with Crippen LogP contribution in [0.5, 0.6) is 34.5 Å². The van der Waals surface area contributed by atoms with Gasteiger partial charge in [0.25, 0.3) is 5.69 Å². The third-order valence-electron chi connectivity index (χ3n) is 13.9. The molecule has 398 valence electrons. The van der Waals surface area contributed by atoms with Crippen molar-refractivity contribution < 1.29 is 62.7 Å². The van der Waals surface area contributed by atoms with E-state index in [2.05, 4.69) is 18.0 Å².